The van der Waals surface area contributed by atoms with Crippen molar-refractivity contribution in [2.75, 3.05) is 0 Å². The van der Waals surface area contributed by atoms with Crippen LogP contribution in [0.5, 0.6) is 0 Å². The monoisotopic (exact) mass is 325 g/mol. The maximum Gasteiger partial charge on any atom is 0.172 e. The van der Waals surface area contributed by atoms with Crippen molar-refractivity contribution in [2.24, 2.45) is 4.41 Å². The minimum Gasteiger partial charge on any atom is -0.323 e. The fourth-order valence-corrected chi connectivity index (χ4v) is 18.5. The molecule has 0 aromatic heterocycles. The topological polar surface area (TPSA) is 12.4 Å². The Hall–Kier alpha value is 0.954. The predicted octanol–water partition coefficient (Wildman–Crippen LogP) is 6.63. The normalized spacial score (nSPS) is 18.4. The Balaban J connectivity index is 6.25. The second-order valence-electron chi connectivity index (χ2n) is 8.81. The van der Waals surface area contributed by atoms with Gasteiger partial charge in [0.15, 0.2) is 8.24 Å². The quantitative estimate of drug-likeness (QED) is 0.408. The Labute approximate surface area is 122 Å². The number of halogens is 1. The molecular weight excluding hydrogens is 293 g/mol. The highest BCUT2D eigenvalue weighted by Crippen LogP contribution is 2.75. The minimum absolute atomic E-state index is 0.0820. The number of nitrogens with zero attached hydrogens (tertiary/aromatic N) is 1. The van der Waals surface area contributed by atoms with E-state index in [9.17, 15) is 0 Å². The summed E-state index contributed by atoms with van der Waals surface area (Å²) in [6.45, 7) is 25.8. The second kappa shape index (κ2) is 5.05. The standard InChI is InChI=1S/C13H33ClNPSi2/c1-12(2,3)16(14,15-18(9,10)11)13(4,5)17(6,7)8/h1-11H3. The van der Waals surface area contributed by atoms with Crippen LogP contribution in [0.2, 0.25) is 39.3 Å². The van der Waals surface area contributed by atoms with Gasteiger partial charge in [-0.05, 0) is 0 Å². The van der Waals surface area contributed by atoms with Gasteiger partial charge in [-0.2, -0.15) is 0 Å². The van der Waals surface area contributed by atoms with Gasteiger partial charge in [0.05, 0.1) is 14.5 Å². The number of hydrogen-bond donors (Lipinski definition) is 0. The average molecular weight is 326 g/mol. The molecule has 0 aliphatic carbocycles. The molecule has 1 atom stereocenters. The Morgan fingerprint density at radius 1 is 0.833 bits per heavy atom. The summed E-state index contributed by atoms with van der Waals surface area (Å²) < 4.78 is 5.47. The molecule has 18 heavy (non-hydrogen) atoms. The van der Waals surface area contributed by atoms with Crippen LogP contribution < -0.4 is 0 Å². The summed E-state index contributed by atoms with van der Waals surface area (Å²) in [6, 6.07) is 0. The highest BCUT2D eigenvalue weighted by atomic mass is 35.7. The highest BCUT2D eigenvalue weighted by Gasteiger charge is 2.52. The molecular formula is C13H33ClNPSi2. The lowest BCUT2D eigenvalue weighted by Gasteiger charge is -2.51. The average Bonchev–Trinajstić information content (AvgIpc) is 1.95. The molecule has 0 bridgehead atoms. The zero-order chi connectivity index (χ0) is 15.2. The molecule has 0 fully saturated rings. The van der Waals surface area contributed by atoms with E-state index in [2.05, 4.69) is 73.9 Å². The van der Waals surface area contributed by atoms with Gasteiger partial charge in [-0.25, -0.2) is 0 Å². The van der Waals surface area contributed by atoms with Crippen molar-refractivity contribution >= 4 is 34.0 Å². The molecule has 0 heterocycles. The number of rotatable bonds is 3. The van der Waals surface area contributed by atoms with Gasteiger partial charge in [0.25, 0.3) is 0 Å². The molecule has 0 aliphatic heterocycles. The zero-order valence-electron chi connectivity index (χ0n) is 14.3. The van der Waals surface area contributed by atoms with Crippen molar-refractivity contribution in [1.29, 1.82) is 0 Å². The van der Waals surface area contributed by atoms with E-state index in [1.165, 1.54) is 0 Å². The summed E-state index contributed by atoms with van der Waals surface area (Å²) in [6.07, 6.45) is -1.88. The first-order valence-corrected chi connectivity index (χ1v) is 16.4. The van der Waals surface area contributed by atoms with Gasteiger partial charge >= 0.3 is 0 Å². The Kier molecular flexibility index (Phi) is 5.32. The zero-order valence-corrected chi connectivity index (χ0v) is 17.9. The van der Waals surface area contributed by atoms with Crippen LogP contribution in [0.4, 0.5) is 0 Å². The minimum atomic E-state index is -1.88. The highest BCUT2D eigenvalue weighted by molar-refractivity contribution is 7.95. The van der Waals surface area contributed by atoms with E-state index < -0.39 is 22.7 Å². The molecule has 0 saturated heterocycles. The lowest BCUT2D eigenvalue weighted by molar-refractivity contribution is 0.754. The molecule has 5 heteroatoms. The van der Waals surface area contributed by atoms with Crippen LogP contribution in [0, 0.1) is 0 Å². The second-order valence-corrected chi connectivity index (χ2v) is 25.2. The fraction of sp³-hybridized carbons (Fsp3) is 1.00. The summed E-state index contributed by atoms with van der Waals surface area (Å²) in [7, 11) is -2.91. The van der Waals surface area contributed by atoms with Crippen molar-refractivity contribution in [3.63, 3.8) is 0 Å². The molecule has 0 radical (unpaired) electrons. The van der Waals surface area contributed by atoms with Crippen LogP contribution in [0.25, 0.3) is 0 Å². The van der Waals surface area contributed by atoms with E-state index in [-0.39, 0.29) is 9.94 Å². The third-order valence-corrected chi connectivity index (χ3v) is 21.2. The van der Waals surface area contributed by atoms with Crippen molar-refractivity contribution in [3.05, 3.63) is 0 Å². The van der Waals surface area contributed by atoms with Crippen molar-refractivity contribution in [3.8, 4) is 0 Å². The van der Waals surface area contributed by atoms with Crippen molar-refractivity contribution in [1.82, 2.24) is 0 Å². The van der Waals surface area contributed by atoms with E-state index in [0.717, 1.165) is 0 Å². The van der Waals surface area contributed by atoms with Gasteiger partial charge in [-0.3, -0.25) is 0 Å². The fourth-order valence-electron chi connectivity index (χ4n) is 1.97. The molecule has 1 nitrogen and oxygen atoms in total. The van der Waals surface area contributed by atoms with E-state index in [1.807, 2.05) is 0 Å². The molecule has 0 saturated carbocycles. The molecule has 0 spiro atoms. The molecule has 0 N–H and O–H groups in total. The first-order valence-electron chi connectivity index (χ1n) is 6.79. The van der Waals surface area contributed by atoms with Crippen LogP contribution in [0.15, 0.2) is 4.41 Å². The van der Waals surface area contributed by atoms with Crippen LogP contribution in [-0.2, 0) is 0 Å². The first-order chi connectivity index (χ1) is 7.46. The van der Waals surface area contributed by atoms with Gasteiger partial charge in [0.1, 0.15) is 0 Å². The molecule has 0 aliphatic rings. The van der Waals surface area contributed by atoms with Gasteiger partial charge in [-0.1, -0.05) is 85.1 Å². The van der Waals surface area contributed by atoms with E-state index in [0.29, 0.717) is 0 Å². The number of hydrogen-bond acceptors (Lipinski definition) is 1. The summed E-state index contributed by atoms with van der Waals surface area (Å²) in [5.74, 6) is 0. The van der Waals surface area contributed by atoms with Crippen LogP contribution >= 0.6 is 17.6 Å². The molecule has 0 amide bonds. The van der Waals surface area contributed by atoms with Gasteiger partial charge < -0.3 is 4.41 Å². The van der Waals surface area contributed by atoms with Gasteiger partial charge in [-0.15, -0.1) is 0 Å². The largest absolute Gasteiger partial charge is 0.323 e. The predicted molar refractivity (Wildman–Crippen MR) is 95.7 cm³/mol. The molecule has 110 valence electrons. The van der Waals surface area contributed by atoms with Crippen LogP contribution in [0.3, 0.4) is 0 Å². The molecule has 0 rings (SSSR count). The smallest absolute Gasteiger partial charge is 0.172 e. The van der Waals surface area contributed by atoms with Crippen molar-refractivity contribution in [2.45, 2.75) is 83.8 Å². The molecule has 0 aromatic carbocycles. The lowest BCUT2D eigenvalue weighted by Crippen LogP contribution is -2.49. The summed E-state index contributed by atoms with van der Waals surface area (Å²) >= 11 is 7.29. The van der Waals surface area contributed by atoms with Gasteiger partial charge in [0.2, 0.25) is 0 Å². The van der Waals surface area contributed by atoms with E-state index in [4.69, 9.17) is 15.7 Å². The molecule has 1 unspecified atom stereocenters. The summed E-state index contributed by atoms with van der Waals surface area (Å²) in [5, 5.41) is 0.0820. The maximum absolute atomic E-state index is 7.29. The lowest BCUT2D eigenvalue weighted by atomic mass is 10.3. The maximum atomic E-state index is 7.29. The molecule has 0 aromatic rings. The van der Waals surface area contributed by atoms with Crippen LogP contribution in [-0.4, -0.2) is 26.2 Å². The summed E-state index contributed by atoms with van der Waals surface area (Å²) in [5.41, 5.74) is 0. The first kappa shape index (κ1) is 19.0. The Morgan fingerprint density at radius 2 is 1.17 bits per heavy atom. The Morgan fingerprint density at radius 3 is 1.33 bits per heavy atom. The van der Waals surface area contributed by atoms with E-state index >= 15 is 0 Å². The third-order valence-electron chi connectivity index (χ3n) is 3.90. The van der Waals surface area contributed by atoms with E-state index in [1.54, 1.807) is 0 Å². The summed E-state index contributed by atoms with van der Waals surface area (Å²) in [4.78, 5) is 0. The van der Waals surface area contributed by atoms with Crippen molar-refractivity contribution < 1.29 is 0 Å². The SMILES string of the molecule is CC(C)(C)P(Cl)(=N[Si](C)(C)C)C(C)(C)[Si](C)(C)C. The third kappa shape index (κ3) is 3.74. The van der Waals surface area contributed by atoms with Crippen LogP contribution in [0.1, 0.15) is 34.6 Å². The van der Waals surface area contributed by atoms with Gasteiger partial charge in [0, 0.05) is 9.94 Å². The Bertz CT molecular complexity index is 357.